The summed E-state index contributed by atoms with van der Waals surface area (Å²) in [5.74, 6) is 0. The molecule has 0 aromatic carbocycles. The summed E-state index contributed by atoms with van der Waals surface area (Å²) in [5.41, 5.74) is -1.16. The summed E-state index contributed by atoms with van der Waals surface area (Å²) in [6.45, 7) is 0. The molecule has 0 aliphatic rings. The number of hydrogen-bond donors (Lipinski definition) is 0. The normalized spacial score (nSPS) is 7.11. The average molecular weight is 276 g/mol. The number of hydrogen-bond acceptors (Lipinski definition) is 3. The molecule has 1 heterocycles. The average Bonchev–Trinajstić information content (AvgIpc) is 1.87. The van der Waals surface area contributed by atoms with Gasteiger partial charge in [-0.05, 0) is 0 Å². The third-order valence-corrected chi connectivity index (χ3v) is 0.557. The van der Waals surface area contributed by atoms with Crippen molar-refractivity contribution in [1.82, 2.24) is 0 Å². The molecule has 0 saturated heterocycles. The Labute approximate surface area is 101 Å². The first-order valence-corrected chi connectivity index (χ1v) is 1.73. The zero-order valence-corrected chi connectivity index (χ0v) is 10.2. The molecular formula is C4H2O3Y2-2. The molecule has 0 amide bonds. The minimum atomic E-state index is -0.579. The maximum atomic E-state index is 9.92. The largest absolute Gasteiger partial charge is 0.601 e. The van der Waals surface area contributed by atoms with Gasteiger partial charge >= 0.3 is 0 Å². The van der Waals surface area contributed by atoms with Gasteiger partial charge in [0.15, 0.2) is 0 Å². The molecule has 0 saturated carbocycles. The Morgan fingerprint density at radius 3 is 1.44 bits per heavy atom. The first-order chi connectivity index (χ1) is 3.29. The summed E-state index contributed by atoms with van der Waals surface area (Å²) in [6, 6.07) is 2.17. The molecule has 9 heavy (non-hydrogen) atoms. The van der Waals surface area contributed by atoms with Crippen LogP contribution in [0, 0.1) is 0 Å². The van der Waals surface area contributed by atoms with E-state index in [1.54, 1.807) is 0 Å². The van der Waals surface area contributed by atoms with Gasteiger partial charge in [0.05, 0.1) is 11.3 Å². The Bertz CT molecular complexity index is 218. The number of furan rings is 1. The summed E-state index contributed by atoms with van der Waals surface area (Å²) in [4.78, 5) is 19.8. The van der Waals surface area contributed by atoms with Gasteiger partial charge in [0.25, 0.3) is 0 Å². The van der Waals surface area contributed by atoms with Gasteiger partial charge in [-0.15, -0.1) is 0 Å². The van der Waals surface area contributed by atoms with E-state index in [-0.39, 0.29) is 65.4 Å². The predicted molar refractivity (Wildman–Crippen MR) is 22.4 cm³/mol. The molecule has 0 spiro atoms. The Morgan fingerprint density at radius 2 is 1.33 bits per heavy atom. The maximum absolute atomic E-state index is 9.92. The molecule has 2 radical (unpaired) electrons. The summed E-state index contributed by atoms with van der Waals surface area (Å²) in [6.07, 6.45) is 0. The second-order valence-corrected chi connectivity index (χ2v) is 1.07. The molecule has 0 aliphatic heterocycles. The second-order valence-electron chi connectivity index (χ2n) is 1.07. The Balaban J connectivity index is 0. The van der Waals surface area contributed by atoms with Gasteiger partial charge in [-0.1, -0.05) is 0 Å². The van der Waals surface area contributed by atoms with E-state index in [0.29, 0.717) is 0 Å². The van der Waals surface area contributed by atoms with Crippen LogP contribution >= 0.6 is 0 Å². The minimum Gasteiger partial charge on any atom is -0.601 e. The van der Waals surface area contributed by atoms with Gasteiger partial charge in [0.1, 0.15) is 0 Å². The predicted octanol–water partition coefficient (Wildman–Crippen LogP) is -0.567. The standard InChI is InChI=1S/C4H2O3.2Y/c5-3-1-2-4(6)7-3;;/h1-2H;;/q-2;;. The van der Waals surface area contributed by atoms with Crippen LogP contribution in [-0.2, 0) is 65.4 Å². The fourth-order valence-electron chi connectivity index (χ4n) is 0.303. The van der Waals surface area contributed by atoms with E-state index in [1.165, 1.54) is 0 Å². The molecule has 5 heteroatoms. The van der Waals surface area contributed by atoms with Crippen LogP contribution < -0.4 is 11.3 Å². The van der Waals surface area contributed by atoms with Crippen molar-refractivity contribution in [1.29, 1.82) is 0 Å². The van der Waals surface area contributed by atoms with E-state index in [1.807, 2.05) is 0 Å². The van der Waals surface area contributed by atoms with Gasteiger partial charge < -0.3 is 14.0 Å². The van der Waals surface area contributed by atoms with Crippen molar-refractivity contribution in [2.24, 2.45) is 0 Å². The van der Waals surface area contributed by atoms with Crippen molar-refractivity contribution in [3.63, 3.8) is 0 Å². The molecule has 0 aliphatic carbocycles. The molecule has 1 rings (SSSR count). The van der Waals surface area contributed by atoms with Crippen molar-refractivity contribution in [3.05, 3.63) is 33.0 Å². The SMILES string of the molecule is O=c1[cH-][cH-]c(=O)o1.[Y].[Y]. The van der Waals surface area contributed by atoms with Gasteiger partial charge in [-0.3, -0.25) is 12.1 Å². The van der Waals surface area contributed by atoms with Crippen LogP contribution in [0.3, 0.4) is 0 Å². The molecule has 0 fully saturated rings. The maximum Gasteiger partial charge on any atom is 0.0735 e. The molecule has 0 bridgehead atoms. The molecule has 3 nitrogen and oxygen atoms in total. The van der Waals surface area contributed by atoms with Crippen LogP contribution in [0.1, 0.15) is 0 Å². The van der Waals surface area contributed by atoms with Crippen LogP contribution in [0.5, 0.6) is 0 Å². The summed E-state index contributed by atoms with van der Waals surface area (Å²) in [7, 11) is 0. The van der Waals surface area contributed by atoms with E-state index < -0.39 is 11.3 Å². The fraction of sp³-hybridized carbons (Fsp3) is 0. The van der Waals surface area contributed by atoms with Crippen molar-refractivity contribution < 1.29 is 69.8 Å². The van der Waals surface area contributed by atoms with Crippen molar-refractivity contribution in [2.45, 2.75) is 0 Å². The van der Waals surface area contributed by atoms with E-state index in [4.69, 9.17) is 0 Å². The van der Waals surface area contributed by atoms with E-state index in [9.17, 15) is 9.59 Å². The van der Waals surface area contributed by atoms with Gasteiger partial charge in [0, 0.05) is 65.4 Å². The van der Waals surface area contributed by atoms with Crippen molar-refractivity contribution >= 4 is 0 Å². The quantitative estimate of drug-likeness (QED) is 0.596. The van der Waals surface area contributed by atoms with Gasteiger partial charge in [-0.25, -0.2) is 0 Å². The molecule has 1 aromatic rings. The first-order valence-electron chi connectivity index (χ1n) is 1.73. The smallest absolute Gasteiger partial charge is 0.0735 e. The Kier molecular flexibility index (Phi) is 8.27. The van der Waals surface area contributed by atoms with Crippen LogP contribution in [0.15, 0.2) is 26.1 Å². The van der Waals surface area contributed by atoms with Gasteiger partial charge in [-0.2, -0.15) is 0 Å². The molecule has 0 unspecified atom stereocenters. The monoisotopic (exact) mass is 276 g/mol. The van der Waals surface area contributed by atoms with Gasteiger partial charge in [0.2, 0.25) is 0 Å². The van der Waals surface area contributed by atoms with E-state index in [2.05, 4.69) is 4.42 Å². The number of rotatable bonds is 0. The first kappa shape index (κ1) is 12.7. The van der Waals surface area contributed by atoms with E-state index in [0.717, 1.165) is 12.1 Å². The van der Waals surface area contributed by atoms with Crippen LogP contribution in [0.4, 0.5) is 0 Å². The molecular weight excluding hydrogens is 274 g/mol. The third kappa shape index (κ3) is 4.49. The topological polar surface area (TPSA) is 47.3 Å². The summed E-state index contributed by atoms with van der Waals surface area (Å²) in [5, 5.41) is 0. The summed E-state index contributed by atoms with van der Waals surface area (Å²) < 4.78 is 3.97. The van der Waals surface area contributed by atoms with Crippen molar-refractivity contribution in [2.75, 3.05) is 0 Å². The zero-order valence-electron chi connectivity index (χ0n) is 4.53. The Hall–Kier alpha value is 1.09. The fourth-order valence-corrected chi connectivity index (χ4v) is 0.303. The molecule has 44 valence electrons. The third-order valence-electron chi connectivity index (χ3n) is 0.557. The van der Waals surface area contributed by atoms with Crippen LogP contribution in [-0.4, -0.2) is 0 Å². The molecule has 0 N–H and O–H groups in total. The molecule has 1 aromatic heterocycles. The zero-order chi connectivity index (χ0) is 5.28. The van der Waals surface area contributed by atoms with Crippen LogP contribution in [0.2, 0.25) is 0 Å². The van der Waals surface area contributed by atoms with Crippen molar-refractivity contribution in [3.8, 4) is 0 Å². The summed E-state index contributed by atoms with van der Waals surface area (Å²) >= 11 is 0. The van der Waals surface area contributed by atoms with Crippen LogP contribution in [0.25, 0.3) is 0 Å². The second kappa shape index (κ2) is 5.84. The molecule has 0 atom stereocenters. The Morgan fingerprint density at radius 1 is 1.00 bits per heavy atom. The minimum absolute atomic E-state index is 0. The van der Waals surface area contributed by atoms with E-state index >= 15 is 0 Å².